The van der Waals surface area contributed by atoms with Gasteiger partial charge < -0.3 is 15.1 Å². The summed E-state index contributed by atoms with van der Waals surface area (Å²) in [7, 11) is 0. The van der Waals surface area contributed by atoms with Crippen molar-refractivity contribution in [3.05, 3.63) is 96.3 Å². The molecule has 0 bridgehead atoms. The third kappa shape index (κ3) is 4.53. The standard InChI is InChI=1S/C23H17N3O3S/c27-21(15-6-2-1-3-7-15)26-23(30)25-18-12-10-17(11-13-18)24-22(28)20-14-16-8-4-5-9-19(16)29-20/h1-14H,(H,24,28)(H2,25,26,27,30). The van der Waals surface area contributed by atoms with E-state index in [1.54, 1.807) is 54.6 Å². The van der Waals surface area contributed by atoms with Gasteiger partial charge in [-0.15, -0.1) is 0 Å². The maximum atomic E-state index is 12.4. The van der Waals surface area contributed by atoms with E-state index in [1.807, 2.05) is 30.3 Å². The highest BCUT2D eigenvalue weighted by atomic mass is 32.1. The first kappa shape index (κ1) is 19.4. The number of rotatable bonds is 4. The highest BCUT2D eigenvalue weighted by Crippen LogP contribution is 2.20. The molecule has 0 fully saturated rings. The summed E-state index contributed by atoms with van der Waals surface area (Å²) >= 11 is 5.19. The average molecular weight is 415 g/mol. The molecule has 1 heterocycles. The summed E-state index contributed by atoms with van der Waals surface area (Å²) in [6, 6.07) is 24.9. The van der Waals surface area contributed by atoms with E-state index in [9.17, 15) is 9.59 Å². The minimum atomic E-state index is -0.336. The second-order valence-electron chi connectivity index (χ2n) is 6.45. The quantitative estimate of drug-likeness (QED) is 0.417. The third-order valence-corrected chi connectivity index (χ3v) is 4.52. The van der Waals surface area contributed by atoms with Gasteiger partial charge in [-0.05, 0) is 60.7 Å². The zero-order valence-corrected chi connectivity index (χ0v) is 16.5. The molecule has 0 atom stereocenters. The van der Waals surface area contributed by atoms with Crippen LogP contribution in [0.15, 0.2) is 89.3 Å². The maximum Gasteiger partial charge on any atom is 0.291 e. The molecule has 30 heavy (non-hydrogen) atoms. The summed E-state index contributed by atoms with van der Waals surface area (Å²) < 4.78 is 5.57. The van der Waals surface area contributed by atoms with E-state index >= 15 is 0 Å². The van der Waals surface area contributed by atoms with Crippen LogP contribution in [0.25, 0.3) is 11.0 Å². The van der Waals surface area contributed by atoms with Crippen LogP contribution in [-0.4, -0.2) is 16.9 Å². The molecule has 3 aromatic carbocycles. The lowest BCUT2D eigenvalue weighted by atomic mass is 10.2. The molecule has 0 radical (unpaired) electrons. The highest BCUT2D eigenvalue weighted by molar-refractivity contribution is 7.80. The predicted molar refractivity (Wildman–Crippen MR) is 121 cm³/mol. The Bertz CT molecular complexity index is 1180. The minimum Gasteiger partial charge on any atom is -0.451 e. The zero-order chi connectivity index (χ0) is 20.9. The van der Waals surface area contributed by atoms with Gasteiger partial charge in [0.05, 0.1) is 0 Å². The van der Waals surface area contributed by atoms with E-state index in [-0.39, 0.29) is 22.7 Å². The second kappa shape index (κ2) is 8.59. The fraction of sp³-hybridized carbons (Fsp3) is 0. The van der Waals surface area contributed by atoms with Gasteiger partial charge in [-0.1, -0.05) is 36.4 Å². The topological polar surface area (TPSA) is 83.4 Å². The van der Waals surface area contributed by atoms with Gasteiger partial charge >= 0.3 is 0 Å². The van der Waals surface area contributed by atoms with Crippen molar-refractivity contribution in [2.75, 3.05) is 10.6 Å². The zero-order valence-electron chi connectivity index (χ0n) is 15.7. The SMILES string of the molecule is O=C(NC(=S)Nc1ccc(NC(=O)c2cc3ccccc3o2)cc1)c1ccccc1. The number of nitrogens with one attached hydrogen (secondary N) is 3. The number of hydrogen-bond donors (Lipinski definition) is 3. The van der Waals surface area contributed by atoms with E-state index in [2.05, 4.69) is 16.0 Å². The van der Waals surface area contributed by atoms with Crippen LogP contribution in [0, 0.1) is 0 Å². The summed E-state index contributed by atoms with van der Waals surface area (Å²) in [5, 5.41) is 9.41. The van der Waals surface area contributed by atoms with Crippen molar-refractivity contribution >= 4 is 51.5 Å². The van der Waals surface area contributed by atoms with Gasteiger partial charge in [0.1, 0.15) is 5.58 Å². The van der Waals surface area contributed by atoms with Crippen LogP contribution in [0.5, 0.6) is 0 Å². The molecule has 0 aliphatic carbocycles. The molecular formula is C23H17N3O3S. The average Bonchev–Trinajstić information content (AvgIpc) is 3.20. The molecule has 0 saturated carbocycles. The molecular weight excluding hydrogens is 398 g/mol. The van der Waals surface area contributed by atoms with Gasteiger partial charge in [-0.3, -0.25) is 14.9 Å². The van der Waals surface area contributed by atoms with E-state index in [4.69, 9.17) is 16.6 Å². The Labute approximate surface area is 177 Å². The van der Waals surface area contributed by atoms with Gasteiger partial charge in [0.15, 0.2) is 10.9 Å². The van der Waals surface area contributed by atoms with Crippen molar-refractivity contribution in [3.63, 3.8) is 0 Å². The van der Waals surface area contributed by atoms with Crippen molar-refractivity contribution in [2.24, 2.45) is 0 Å². The van der Waals surface area contributed by atoms with Crippen LogP contribution >= 0.6 is 12.2 Å². The Morgan fingerprint density at radius 3 is 2.07 bits per heavy atom. The smallest absolute Gasteiger partial charge is 0.291 e. The fourth-order valence-corrected chi connectivity index (χ4v) is 3.06. The Morgan fingerprint density at radius 2 is 1.37 bits per heavy atom. The number of hydrogen-bond acceptors (Lipinski definition) is 4. The van der Waals surface area contributed by atoms with Crippen LogP contribution < -0.4 is 16.0 Å². The Kier molecular flexibility index (Phi) is 5.54. The number of amides is 2. The molecule has 0 aliphatic heterocycles. The monoisotopic (exact) mass is 415 g/mol. The van der Waals surface area contributed by atoms with Gasteiger partial charge in [-0.25, -0.2) is 0 Å². The maximum absolute atomic E-state index is 12.4. The van der Waals surface area contributed by atoms with Crippen LogP contribution in [-0.2, 0) is 0 Å². The molecule has 0 spiro atoms. The lowest BCUT2D eigenvalue weighted by molar-refractivity contribution is 0.0975. The number of anilines is 2. The Morgan fingerprint density at radius 1 is 0.733 bits per heavy atom. The molecule has 0 saturated heterocycles. The van der Waals surface area contributed by atoms with Crippen molar-refractivity contribution in [3.8, 4) is 0 Å². The van der Waals surface area contributed by atoms with E-state index in [0.717, 1.165) is 5.39 Å². The van der Waals surface area contributed by atoms with Gasteiger partial charge in [-0.2, -0.15) is 0 Å². The van der Waals surface area contributed by atoms with Crippen molar-refractivity contribution in [1.82, 2.24) is 5.32 Å². The molecule has 7 heteroatoms. The lowest BCUT2D eigenvalue weighted by Gasteiger charge is -2.10. The van der Waals surface area contributed by atoms with Crippen LogP contribution in [0.2, 0.25) is 0 Å². The first-order chi connectivity index (χ1) is 14.6. The number of thiocarbonyl (C=S) groups is 1. The largest absolute Gasteiger partial charge is 0.451 e. The number of benzene rings is 3. The van der Waals surface area contributed by atoms with E-state index in [0.29, 0.717) is 22.5 Å². The van der Waals surface area contributed by atoms with Crippen LogP contribution in [0.1, 0.15) is 20.9 Å². The summed E-state index contributed by atoms with van der Waals surface area (Å²) in [4.78, 5) is 24.5. The summed E-state index contributed by atoms with van der Waals surface area (Å²) in [5.41, 5.74) is 2.46. The first-order valence-corrected chi connectivity index (χ1v) is 9.57. The fourth-order valence-electron chi connectivity index (χ4n) is 2.85. The second-order valence-corrected chi connectivity index (χ2v) is 6.86. The van der Waals surface area contributed by atoms with Crippen molar-refractivity contribution < 1.29 is 14.0 Å². The number of para-hydroxylation sites is 1. The molecule has 0 aliphatic rings. The summed E-state index contributed by atoms with van der Waals surface area (Å²) in [6.45, 7) is 0. The van der Waals surface area contributed by atoms with Crippen molar-refractivity contribution in [1.29, 1.82) is 0 Å². The van der Waals surface area contributed by atoms with Crippen LogP contribution in [0.4, 0.5) is 11.4 Å². The first-order valence-electron chi connectivity index (χ1n) is 9.16. The number of fused-ring (bicyclic) bond motifs is 1. The van der Waals surface area contributed by atoms with Gasteiger partial charge in [0.25, 0.3) is 11.8 Å². The van der Waals surface area contributed by atoms with Gasteiger partial charge in [0.2, 0.25) is 0 Å². The number of carbonyl (C=O) groups is 2. The lowest BCUT2D eigenvalue weighted by Crippen LogP contribution is -2.34. The number of carbonyl (C=O) groups excluding carboxylic acids is 2. The minimum absolute atomic E-state index is 0.183. The Hall–Kier alpha value is -3.97. The molecule has 2 amide bonds. The molecule has 6 nitrogen and oxygen atoms in total. The molecule has 0 unspecified atom stereocenters. The predicted octanol–water partition coefficient (Wildman–Crippen LogP) is 4.81. The molecule has 4 aromatic rings. The Balaban J connectivity index is 1.35. The van der Waals surface area contributed by atoms with E-state index in [1.165, 1.54) is 0 Å². The molecule has 4 rings (SSSR count). The highest BCUT2D eigenvalue weighted by Gasteiger charge is 2.12. The molecule has 148 valence electrons. The normalized spacial score (nSPS) is 10.4. The summed E-state index contributed by atoms with van der Waals surface area (Å²) in [5.74, 6) is -0.386. The van der Waals surface area contributed by atoms with Gasteiger partial charge in [0, 0.05) is 22.3 Å². The van der Waals surface area contributed by atoms with E-state index < -0.39 is 0 Å². The molecule has 3 N–H and O–H groups in total. The van der Waals surface area contributed by atoms with Crippen molar-refractivity contribution in [2.45, 2.75) is 0 Å². The number of furan rings is 1. The third-order valence-electron chi connectivity index (χ3n) is 4.31. The summed E-state index contributed by atoms with van der Waals surface area (Å²) in [6.07, 6.45) is 0. The van der Waals surface area contributed by atoms with Crippen LogP contribution in [0.3, 0.4) is 0 Å². The molecule has 1 aromatic heterocycles.